The third-order valence-corrected chi connectivity index (χ3v) is 5.47. The molecule has 0 unspecified atom stereocenters. The number of aromatic nitrogens is 1. The van der Waals surface area contributed by atoms with Crippen molar-refractivity contribution in [3.63, 3.8) is 0 Å². The maximum absolute atomic E-state index is 12.4. The smallest absolute Gasteiger partial charge is 0.307 e. The summed E-state index contributed by atoms with van der Waals surface area (Å²) in [6.07, 6.45) is 1.58. The summed E-state index contributed by atoms with van der Waals surface area (Å²) in [5.41, 5.74) is 6.63. The van der Waals surface area contributed by atoms with E-state index in [4.69, 9.17) is 39.2 Å². The Hall–Kier alpha value is -2.73. The molecular formula is C22H16Cl3N3O2. The molecule has 0 saturated carbocycles. The van der Waals surface area contributed by atoms with Crippen LogP contribution in [0.5, 0.6) is 0 Å². The number of nitrogens with zero attached hydrogens (tertiary/aromatic N) is 2. The molecule has 0 atom stereocenters. The van der Waals surface area contributed by atoms with Crippen molar-refractivity contribution >= 4 is 57.9 Å². The Morgan fingerprint density at radius 1 is 1.03 bits per heavy atom. The Labute approximate surface area is 187 Å². The predicted molar refractivity (Wildman–Crippen MR) is 122 cm³/mol. The Morgan fingerprint density at radius 3 is 2.53 bits per heavy atom. The zero-order chi connectivity index (χ0) is 21.4. The van der Waals surface area contributed by atoms with Gasteiger partial charge < -0.3 is 8.98 Å². The summed E-state index contributed by atoms with van der Waals surface area (Å²) in [5, 5.41) is 6.52. The van der Waals surface area contributed by atoms with E-state index in [1.165, 1.54) is 0 Å². The number of hydrogen-bond acceptors (Lipinski definition) is 3. The summed E-state index contributed by atoms with van der Waals surface area (Å²) >= 11 is 18.3. The van der Waals surface area contributed by atoms with E-state index in [9.17, 15) is 4.79 Å². The molecule has 0 spiro atoms. The van der Waals surface area contributed by atoms with Crippen LogP contribution in [0.15, 0.2) is 58.0 Å². The third-order valence-electron chi connectivity index (χ3n) is 4.69. The predicted octanol–water partition coefficient (Wildman–Crippen LogP) is 6.56. The number of carbonyl (C=O) groups excluding carboxylic acids is 1. The van der Waals surface area contributed by atoms with Gasteiger partial charge in [0.1, 0.15) is 5.58 Å². The number of benzene rings is 2. The van der Waals surface area contributed by atoms with Gasteiger partial charge >= 0.3 is 5.91 Å². The molecule has 0 aliphatic heterocycles. The largest absolute Gasteiger partial charge is 0.451 e. The number of rotatable bonds is 4. The van der Waals surface area contributed by atoms with Crippen LogP contribution >= 0.6 is 34.8 Å². The van der Waals surface area contributed by atoms with E-state index in [2.05, 4.69) is 10.5 Å². The van der Waals surface area contributed by atoms with Crippen LogP contribution in [-0.4, -0.2) is 16.7 Å². The van der Waals surface area contributed by atoms with Gasteiger partial charge in [0, 0.05) is 32.4 Å². The fraction of sp³-hybridized carbons (Fsp3) is 0.0909. The molecule has 30 heavy (non-hydrogen) atoms. The summed E-state index contributed by atoms with van der Waals surface area (Å²) in [7, 11) is 0. The minimum Gasteiger partial charge on any atom is -0.451 e. The minimum absolute atomic E-state index is 0.155. The Kier molecular flexibility index (Phi) is 5.60. The van der Waals surface area contributed by atoms with E-state index < -0.39 is 5.91 Å². The highest BCUT2D eigenvalue weighted by Gasteiger charge is 2.14. The molecule has 2 aromatic carbocycles. The molecule has 0 fully saturated rings. The first-order valence-corrected chi connectivity index (χ1v) is 10.1. The van der Waals surface area contributed by atoms with Crippen LogP contribution < -0.4 is 5.43 Å². The summed E-state index contributed by atoms with van der Waals surface area (Å²) in [6.45, 7) is 3.91. The van der Waals surface area contributed by atoms with Crippen molar-refractivity contribution in [1.29, 1.82) is 0 Å². The van der Waals surface area contributed by atoms with Gasteiger partial charge in [-0.05, 0) is 62.4 Å². The standard InChI is InChI=1S/C22H16Cl3N3O2/c1-12-7-15(13(2)28(12)19-5-3-17(24)10-18(19)25)11-26-27-22(29)21-9-14-8-16(23)4-6-20(14)30-21/h3-11H,1-2H3,(H,27,29)/b26-11+. The lowest BCUT2D eigenvalue weighted by atomic mass is 10.2. The van der Waals surface area contributed by atoms with Gasteiger partial charge in [0.25, 0.3) is 0 Å². The van der Waals surface area contributed by atoms with E-state index in [1.54, 1.807) is 42.6 Å². The fourth-order valence-electron chi connectivity index (χ4n) is 3.29. The molecule has 4 rings (SSSR count). The topological polar surface area (TPSA) is 59.5 Å². The fourth-order valence-corrected chi connectivity index (χ4v) is 3.97. The third kappa shape index (κ3) is 3.97. The molecule has 8 heteroatoms. The van der Waals surface area contributed by atoms with E-state index in [0.29, 0.717) is 20.7 Å². The number of carbonyl (C=O) groups is 1. The number of halogens is 3. The molecule has 0 bridgehead atoms. The quantitative estimate of drug-likeness (QED) is 0.277. The van der Waals surface area contributed by atoms with Crippen LogP contribution in [0.1, 0.15) is 27.5 Å². The molecule has 1 N–H and O–H groups in total. The lowest BCUT2D eigenvalue weighted by molar-refractivity contribution is 0.0929. The van der Waals surface area contributed by atoms with Crippen LogP contribution in [0.3, 0.4) is 0 Å². The number of aryl methyl sites for hydroxylation is 1. The van der Waals surface area contributed by atoms with Crippen LogP contribution in [0.25, 0.3) is 16.7 Å². The van der Waals surface area contributed by atoms with Crippen molar-refractivity contribution in [1.82, 2.24) is 9.99 Å². The number of hydrazone groups is 1. The van der Waals surface area contributed by atoms with E-state index in [1.807, 2.05) is 30.5 Å². The monoisotopic (exact) mass is 459 g/mol. The Bertz CT molecular complexity index is 1300. The van der Waals surface area contributed by atoms with Crippen molar-refractivity contribution in [2.24, 2.45) is 5.10 Å². The molecule has 2 heterocycles. The molecule has 2 aromatic heterocycles. The number of furan rings is 1. The number of nitrogens with one attached hydrogen (secondary N) is 1. The second-order valence-corrected chi connectivity index (χ2v) is 8.03. The molecular weight excluding hydrogens is 445 g/mol. The summed E-state index contributed by atoms with van der Waals surface area (Å²) in [5.74, 6) is -0.295. The van der Waals surface area contributed by atoms with Gasteiger partial charge in [-0.15, -0.1) is 0 Å². The van der Waals surface area contributed by atoms with E-state index in [0.717, 1.165) is 28.0 Å². The second kappa shape index (κ2) is 8.19. The first-order valence-electron chi connectivity index (χ1n) is 9.00. The van der Waals surface area contributed by atoms with Gasteiger partial charge in [-0.3, -0.25) is 4.79 Å². The van der Waals surface area contributed by atoms with Gasteiger partial charge in [-0.25, -0.2) is 5.43 Å². The van der Waals surface area contributed by atoms with Crippen molar-refractivity contribution < 1.29 is 9.21 Å². The number of amides is 1. The zero-order valence-electron chi connectivity index (χ0n) is 16.0. The SMILES string of the molecule is Cc1cc(/C=N/NC(=O)c2cc3cc(Cl)ccc3o2)c(C)n1-c1ccc(Cl)cc1Cl. The van der Waals surface area contributed by atoms with Gasteiger partial charge in [-0.1, -0.05) is 34.8 Å². The van der Waals surface area contributed by atoms with E-state index in [-0.39, 0.29) is 5.76 Å². The molecule has 0 radical (unpaired) electrons. The molecule has 0 aliphatic rings. The minimum atomic E-state index is -0.451. The molecule has 1 amide bonds. The second-order valence-electron chi connectivity index (χ2n) is 6.75. The average Bonchev–Trinajstić information content (AvgIpc) is 3.23. The average molecular weight is 461 g/mol. The highest BCUT2D eigenvalue weighted by atomic mass is 35.5. The van der Waals surface area contributed by atoms with Crippen molar-refractivity contribution in [3.05, 3.63) is 86.3 Å². The lowest BCUT2D eigenvalue weighted by Crippen LogP contribution is -2.16. The lowest BCUT2D eigenvalue weighted by Gasteiger charge is -2.11. The maximum Gasteiger partial charge on any atom is 0.307 e. The first-order chi connectivity index (χ1) is 14.3. The van der Waals surface area contributed by atoms with Crippen molar-refractivity contribution in [3.8, 4) is 5.69 Å². The van der Waals surface area contributed by atoms with Crippen LogP contribution in [0.2, 0.25) is 15.1 Å². The summed E-state index contributed by atoms with van der Waals surface area (Å²) < 4.78 is 7.55. The normalized spacial score (nSPS) is 11.5. The highest BCUT2D eigenvalue weighted by Crippen LogP contribution is 2.28. The number of hydrogen-bond donors (Lipinski definition) is 1. The van der Waals surface area contributed by atoms with Crippen LogP contribution in [-0.2, 0) is 0 Å². The van der Waals surface area contributed by atoms with Crippen LogP contribution in [0.4, 0.5) is 0 Å². The van der Waals surface area contributed by atoms with Crippen molar-refractivity contribution in [2.45, 2.75) is 13.8 Å². The zero-order valence-corrected chi connectivity index (χ0v) is 18.3. The van der Waals surface area contributed by atoms with E-state index >= 15 is 0 Å². The Morgan fingerprint density at radius 2 is 1.77 bits per heavy atom. The Balaban J connectivity index is 1.54. The molecule has 0 aliphatic carbocycles. The van der Waals surface area contributed by atoms with Gasteiger partial charge in [0.05, 0.1) is 16.9 Å². The van der Waals surface area contributed by atoms with Gasteiger partial charge in [0.2, 0.25) is 0 Å². The summed E-state index contributed by atoms with van der Waals surface area (Å²) in [4.78, 5) is 12.4. The maximum atomic E-state index is 12.4. The molecule has 0 saturated heterocycles. The van der Waals surface area contributed by atoms with Gasteiger partial charge in [0.15, 0.2) is 5.76 Å². The van der Waals surface area contributed by atoms with Crippen molar-refractivity contribution in [2.75, 3.05) is 0 Å². The van der Waals surface area contributed by atoms with Gasteiger partial charge in [-0.2, -0.15) is 5.10 Å². The highest BCUT2D eigenvalue weighted by molar-refractivity contribution is 6.35. The molecule has 5 nitrogen and oxygen atoms in total. The molecule has 4 aromatic rings. The first kappa shape index (κ1) is 20.5. The number of fused-ring (bicyclic) bond motifs is 1. The van der Waals surface area contributed by atoms with Crippen LogP contribution in [0, 0.1) is 13.8 Å². The summed E-state index contributed by atoms with van der Waals surface area (Å²) in [6, 6.07) is 14.1. The molecule has 152 valence electrons.